The van der Waals surface area contributed by atoms with Gasteiger partial charge in [-0.15, -0.1) is 35.3 Å². The van der Waals surface area contributed by atoms with Crippen LogP contribution in [0, 0.1) is 19.8 Å². The Kier molecular flexibility index (Phi) is 11.7. The summed E-state index contributed by atoms with van der Waals surface area (Å²) in [6, 6.07) is 0.457. The molecule has 0 bridgehead atoms. The molecule has 0 saturated carbocycles. The predicted octanol–water partition coefficient (Wildman–Crippen LogP) is 2.83. The second-order valence-electron chi connectivity index (χ2n) is 7.11. The van der Waals surface area contributed by atoms with Gasteiger partial charge in [-0.3, -0.25) is 9.89 Å². The smallest absolute Gasteiger partial charge is 0.191 e. The fraction of sp³-hybridized carbons (Fsp3) is 0.789. The average molecular weight is 510 g/mol. The highest BCUT2D eigenvalue weighted by Gasteiger charge is 2.23. The van der Waals surface area contributed by atoms with Crippen LogP contribution in [0.25, 0.3) is 0 Å². The number of rotatable bonds is 8. The summed E-state index contributed by atoms with van der Waals surface area (Å²) in [6.45, 7) is 17.1. The van der Waals surface area contributed by atoms with E-state index in [0.717, 1.165) is 64.0 Å². The van der Waals surface area contributed by atoms with Crippen LogP contribution >= 0.6 is 35.3 Å². The van der Waals surface area contributed by atoms with Crippen LogP contribution in [-0.2, 0) is 11.2 Å². The van der Waals surface area contributed by atoms with Gasteiger partial charge >= 0.3 is 0 Å². The summed E-state index contributed by atoms with van der Waals surface area (Å²) >= 11 is 1.79. The van der Waals surface area contributed by atoms with Gasteiger partial charge in [-0.1, -0.05) is 13.8 Å². The third-order valence-corrected chi connectivity index (χ3v) is 5.90. The predicted molar refractivity (Wildman–Crippen MR) is 126 cm³/mol. The number of halogens is 1. The first kappa shape index (κ1) is 24.6. The molecule has 0 radical (unpaired) electrons. The number of ether oxygens (including phenoxy) is 1. The van der Waals surface area contributed by atoms with E-state index in [1.165, 1.54) is 9.88 Å². The summed E-state index contributed by atoms with van der Waals surface area (Å²) in [4.78, 5) is 13.3. The minimum Gasteiger partial charge on any atom is -0.379 e. The van der Waals surface area contributed by atoms with Crippen LogP contribution in [0.5, 0.6) is 0 Å². The van der Waals surface area contributed by atoms with Gasteiger partial charge in [-0.05, 0) is 26.7 Å². The maximum atomic E-state index is 5.49. The minimum atomic E-state index is 0. The van der Waals surface area contributed by atoms with Gasteiger partial charge in [0.1, 0.15) is 0 Å². The molecule has 27 heavy (non-hydrogen) atoms. The molecule has 2 rings (SSSR count). The van der Waals surface area contributed by atoms with Crippen LogP contribution in [0.3, 0.4) is 0 Å². The zero-order chi connectivity index (χ0) is 18.9. The first-order valence-corrected chi connectivity index (χ1v) is 10.6. The Bertz CT molecular complexity index is 553. The molecule has 1 aromatic heterocycles. The molecule has 1 unspecified atom stereocenters. The van der Waals surface area contributed by atoms with Crippen LogP contribution in [0.4, 0.5) is 0 Å². The number of aliphatic imine (C=N–C) groups is 1. The lowest BCUT2D eigenvalue weighted by molar-refractivity contribution is 0.00867. The monoisotopic (exact) mass is 509 g/mol. The highest BCUT2D eigenvalue weighted by molar-refractivity contribution is 14.0. The second kappa shape index (κ2) is 12.9. The molecule has 0 amide bonds. The van der Waals surface area contributed by atoms with E-state index >= 15 is 0 Å². The Balaban J connectivity index is 0.00000364. The number of hydrogen-bond donors (Lipinski definition) is 2. The first-order valence-electron chi connectivity index (χ1n) is 9.78. The summed E-state index contributed by atoms with van der Waals surface area (Å²) < 4.78 is 5.49. The number of nitrogens with zero attached hydrogens (tertiary/aromatic N) is 3. The summed E-state index contributed by atoms with van der Waals surface area (Å²) in [7, 11) is 0. The molecule has 2 N–H and O–H groups in total. The van der Waals surface area contributed by atoms with Crippen molar-refractivity contribution in [2.45, 2.75) is 47.1 Å². The van der Waals surface area contributed by atoms with Crippen LogP contribution in [0.1, 0.15) is 36.3 Å². The molecule has 1 saturated heterocycles. The maximum absolute atomic E-state index is 5.49. The third kappa shape index (κ3) is 8.21. The summed E-state index contributed by atoms with van der Waals surface area (Å²) in [5.74, 6) is 1.47. The SMILES string of the molecule is CCNC(=NCC(C(C)C)N1CCOCC1)NCCc1nc(C)c(C)s1.I. The van der Waals surface area contributed by atoms with E-state index in [1.54, 1.807) is 11.3 Å². The second-order valence-corrected chi connectivity index (χ2v) is 8.39. The van der Waals surface area contributed by atoms with Crippen molar-refractivity contribution >= 4 is 41.3 Å². The normalized spacial score (nSPS) is 16.9. The van der Waals surface area contributed by atoms with Gasteiger partial charge in [-0.2, -0.15) is 0 Å². The van der Waals surface area contributed by atoms with E-state index in [0.29, 0.717) is 12.0 Å². The van der Waals surface area contributed by atoms with Gasteiger partial charge in [0.15, 0.2) is 5.96 Å². The topological polar surface area (TPSA) is 61.8 Å². The van der Waals surface area contributed by atoms with Crippen LogP contribution in [-0.4, -0.2) is 67.8 Å². The molecule has 2 heterocycles. The lowest BCUT2D eigenvalue weighted by Gasteiger charge is -2.36. The highest BCUT2D eigenvalue weighted by Crippen LogP contribution is 2.16. The quantitative estimate of drug-likeness (QED) is 0.321. The molecule has 1 atom stereocenters. The standard InChI is InChI=1S/C19H35N5OS.HI/c1-6-20-19(21-8-7-18-23-15(4)16(5)26-18)22-13-17(14(2)3)24-9-11-25-12-10-24;/h14,17H,6-13H2,1-5H3,(H2,20,21,22);1H. The van der Waals surface area contributed by atoms with Crippen LogP contribution in [0.15, 0.2) is 4.99 Å². The van der Waals surface area contributed by atoms with Gasteiger partial charge in [-0.25, -0.2) is 4.98 Å². The molecule has 8 heteroatoms. The van der Waals surface area contributed by atoms with Gasteiger partial charge in [0.2, 0.25) is 0 Å². The van der Waals surface area contributed by atoms with Gasteiger partial charge in [0.25, 0.3) is 0 Å². The highest BCUT2D eigenvalue weighted by atomic mass is 127. The summed E-state index contributed by atoms with van der Waals surface area (Å²) in [5, 5.41) is 8.01. The number of thiazole rings is 1. The van der Waals surface area contributed by atoms with Gasteiger partial charge in [0.05, 0.1) is 30.5 Å². The molecule has 0 aromatic carbocycles. The van der Waals surface area contributed by atoms with E-state index in [4.69, 9.17) is 9.73 Å². The van der Waals surface area contributed by atoms with Crippen molar-refractivity contribution in [1.29, 1.82) is 0 Å². The molecule has 0 spiro atoms. The van der Waals surface area contributed by atoms with Crippen LogP contribution in [0.2, 0.25) is 0 Å². The number of nitrogens with one attached hydrogen (secondary N) is 2. The zero-order valence-electron chi connectivity index (χ0n) is 17.4. The van der Waals surface area contributed by atoms with E-state index in [2.05, 4.69) is 55.1 Å². The number of hydrogen-bond acceptors (Lipinski definition) is 5. The van der Waals surface area contributed by atoms with Crippen molar-refractivity contribution in [3.05, 3.63) is 15.6 Å². The van der Waals surface area contributed by atoms with Gasteiger partial charge < -0.3 is 15.4 Å². The van der Waals surface area contributed by atoms with E-state index in [9.17, 15) is 0 Å². The summed E-state index contributed by atoms with van der Waals surface area (Å²) in [5.41, 5.74) is 1.15. The number of aryl methyl sites for hydroxylation is 2. The Labute approximate surface area is 185 Å². The largest absolute Gasteiger partial charge is 0.379 e. The molecule has 1 fully saturated rings. The van der Waals surface area contributed by atoms with Crippen LogP contribution < -0.4 is 10.6 Å². The maximum Gasteiger partial charge on any atom is 0.191 e. The molecule has 156 valence electrons. The number of guanidine groups is 1. The first-order chi connectivity index (χ1) is 12.5. The van der Waals surface area contributed by atoms with Crippen molar-refractivity contribution in [3.8, 4) is 0 Å². The molecule has 1 aliphatic rings. The van der Waals surface area contributed by atoms with Crippen molar-refractivity contribution in [2.24, 2.45) is 10.9 Å². The van der Waals surface area contributed by atoms with Crippen molar-refractivity contribution in [2.75, 3.05) is 45.9 Å². The average Bonchev–Trinajstić information content (AvgIpc) is 2.93. The summed E-state index contributed by atoms with van der Waals surface area (Å²) in [6.07, 6.45) is 0.931. The Morgan fingerprint density at radius 2 is 1.96 bits per heavy atom. The Hall–Kier alpha value is -0.450. The van der Waals surface area contributed by atoms with E-state index in [1.807, 2.05) is 0 Å². The number of morpholine rings is 1. The van der Waals surface area contributed by atoms with Crippen molar-refractivity contribution in [3.63, 3.8) is 0 Å². The lowest BCUT2D eigenvalue weighted by atomic mass is 10.0. The fourth-order valence-corrected chi connectivity index (χ4v) is 4.05. The van der Waals surface area contributed by atoms with Gasteiger partial charge in [0, 0.05) is 43.5 Å². The third-order valence-electron chi connectivity index (χ3n) is 4.77. The molecular weight excluding hydrogens is 473 g/mol. The Morgan fingerprint density at radius 3 is 2.52 bits per heavy atom. The fourth-order valence-electron chi connectivity index (χ4n) is 3.12. The molecule has 6 nitrogen and oxygen atoms in total. The minimum absolute atomic E-state index is 0. The molecular formula is C19H36IN5OS. The number of aromatic nitrogens is 1. The Morgan fingerprint density at radius 1 is 1.26 bits per heavy atom. The van der Waals surface area contributed by atoms with Crippen molar-refractivity contribution < 1.29 is 4.74 Å². The molecule has 1 aromatic rings. The molecule has 0 aliphatic carbocycles. The van der Waals surface area contributed by atoms with E-state index in [-0.39, 0.29) is 24.0 Å². The van der Waals surface area contributed by atoms with E-state index < -0.39 is 0 Å². The molecule has 1 aliphatic heterocycles. The lowest BCUT2D eigenvalue weighted by Crippen LogP contribution is -2.48. The zero-order valence-corrected chi connectivity index (χ0v) is 20.5. The van der Waals surface area contributed by atoms with Crippen molar-refractivity contribution in [1.82, 2.24) is 20.5 Å².